The number of aromatic nitrogens is 1. The lowest BCUT2D eigenvalue weighted by Gasteiger charge is -2.24. The number of rotatable bonds is 5. The smallest absolute Gasteiger partial charge is 0.0795 e. The molecule has 1 heterocycles. The molecule has 0 saturated heterocycles. The van der Waals surface area contributed by atoms with Crippen LogP contribution >= 0.6 is 11.3 Å². The minimum absolute atomic E-state index is 0.0964. The molecule has 4 heteroatoms. The molecule has 0 radical (unpaired) electrons. The van der Waals surface area contributed by atoms with E-state index in [0.29, 0.717) is 0 Å². The number of para-hydroxylation sites is 1. The van der Waals surface area contributed by atoms with E-state index in [-0.39, 0.29) is 6.04 Å². The Kier molecular flexibility index (Phi) is 4.33. The van der Waals surface area contributed by atoms with Crippen molar-refractivity contribution >= 4 is 17.0 Å². The monoisotopic (exact) mass is 261 g/mol. The predicted molar refractivity (Wildman–Crippen MR) is 77.9 cm³/mol. The molecule has 1 aromatic carbocycles. The van der Waals surface area contributed by atoms with Crippen LogP contribution in [0.5, 0.6) is 0 Å². The van der Waals surface area contributed by atoms with E-state index >= 15 is 0 Å². The van der Waals surface area contributed by atoms with E-state index in [1.165, 1.54) is 11.3 Å². The van der Waals surface area contributed by atoms with Gasteiger partial charge in [0, 0.05) is 24.2 Å². The SMILES string of the molecule is CC[C@@H](N)c1ccccc1N(C)Cc1cscn1. The quantitative estimate of drug-likeness (QED) is 0.898. The molecule has 1 aromatic heterocycles. The molecule has 18 heavy (non-hydrogen) atoms. The largest absolute Gasteiger partial charge is 0.368 e. The van der Waals surface area contributed by atoms with Gasteiger partial charge in [0.1, 0.15) is 0 Å². The second-order valence-corrected chi connectivity index (χ2v) is 5.13. The zero-order valence-electron chi connectivity index (χ0n) is 10.8. The zero-order valence-corrected chi connectivity index (χ0v) is 11.7. The standard InChI is InChI=1S/C14H19N3S/c1-3-13(15)12-6-4-5-7-14(12)17(2)8-11-9-18-10-16-11/h4-7,9-10,13H,3,8,15H2,1-2H3/t13-/m1/s1. The van der Waals surface area contributed by atoms with Gasteiger partial charge in [0.05, 0.1) is 17.7 Å². The van der Waals surface area contributed by atoms with Gasteiger partial charge in [-0.3, -0.25) is 0 Å². The molecule has 2 aromatic rings. The van der Waals surface area contributed by atoms with Crippen molar-refractivity contribution in [3.63, 3.8) is 0 Å². The molecule has 0 amide bonds. The van der Waals surface area contributed by atoms with Gasteiger partial charge in [0.25, 0.3) is 0 Å². The average molecular weight is 261 g/mol. The normalized spacial score (nSPS) is 12.4. The third kappa shape index (κ3) is 2.89. The Hall–Kier alpha value is -1.39. The van der Waals surface area contributed by atoms with Gasteiger partial charge in [-0.25, -0.2) is 4.98 Å². The molecule has 0 aliphatic carbocycles. The Morgan fingerprint density at radius 2 is 2.17 bits per heavy atom. The lowest BCUT2D eigenvalue weighted by molar-refractivity contribution is 0.693. The highest BCUT2D eigenvalue weighted by Crippen LogP contribution is 2.26. The molecular formula is C14H19N3S. The second-order valence-electron chi connectivity index (χ2n) is 4.41. The van der Waals surface area contributed by atoms with Crippen molar-refractivity contribution in [3.8, 4) is 0 Å². The summed E-state index contributed by atoms with van der Waals surface area (Å²) in [6.07, 6.45) is 0.946. The molecule has 2 rings (SSSR count). The second kappa shape index (κ2) is 5.98. The van der Waals surface area contributed by atoms with Crippen LogP contribution < -0.4 is 10.6 Å². The number of thiazole rings is 1. The number of benzene rings is 1. The molecule has 96 valence electrons. The van der Waals surface area contributed by atoms with Gasteiger partial charge < -0.3 is 10.6 Å². The predicted octanol–water partition coefficient (Wildman–Crippen LogP) is 3.19. The highest BCUT2D eigenvalue weighted by Gasteiger charge is 2.12. The molecule has 0 spiro atoms. The van der Waals surface area contributed by atoms with Crippen LogP contribution in [0.2, 0.25) is 0 Å². The molecular weight excluding hydrogens is 242 g/mol. The summed E-state index contributed by atoms with van der Waals surface area (Å²) < 4.78 is 0. The van der Waals surface area contributed by atoms with Gasteiger partial charge in [-0.1, -0.05) is 25.1 Å². The molecule has 0 aliphatic rings. The Bertz CT molecular complexity index is 482. The van der Waals surface area contributed by atoms with Crippen LogP contribution in [-0.4, -0.2) is 12.0 Å². The third-order valence-corrected chi connectivity index (χ3v) is 3.71. The van der Waals surface area contributed by atoms with Gasteiger partial charge in [0.2, 0.25) is 0 Å². The van der Waals surface area contributed by atoms with Crippen molar-refractivity contribution in [2.75, 3.05) is 11.9 Å². The van der Waals surface area contributed by atoms with Crippen molar-refractivity contribution in [2.24, 2.45) is 5.73 Å². The fourth-order valence-corrected chi connectivity index (χ4v) is 2.56. The van der Waals surface area contributed by atoms with E-state index in [9.17, 15) is 0 Å². The summed E-state index contributed by atoms with van der Waals surface area (Å²) in [7, 11) is 2.08. The number of hydrogen-bond acceptors (Lipinski definition) is 4. The number of nitrogens with zero attached hydrogens (tertiary/aromatic N) is 2. The number of anilines is 1. The molecule has 0 fully saturated rings. The van der Waals surface area contributed by atoms with Crippen molar-refractivity contribution in [1.29, 1.82) is 0 Å². The van der Waals surface area contributed by atoms with E-state index in [4.69, 9.17) is 5.73 Å². The Balaban J connectivity index is 2.21. The maximum Gasteiger partial charge on any atom is 0.0795 e. The van der Waals surface area contributed by atoms with Crippen molar-refractivity contribution in [1.82, 2.24) is 4.98 Å². The fourth-order valence-electron chi connectivity index (χ4n) is 2.01. The van der Waals surface area contributed by atoms with E-state index in [1.54, 1.807) is 11.3 Å². The Morgan fingerprint density at radius 1 is 1.39 bits per heavy atom. The summed E-state index contributed by atoms with van der Waals surface area (Å²) in [5.41, 5.74) is 11.5. The van der Waals surface area contributed by atoms with Crippen LogP contribution in [0.25, 0.3) is 0 Å². The van der Waals surface area contributed by atoms with E-state index in [2.05, 4.69) is 47.4 Å². The van der Waals surface area contributed by atoms with E-state index < -0.39 is 0 Å². The molecule has 0 aliphatic heterocycles. The summed E-state index contributed by atoms with van der Waals surface area (Å²) in [5, 5.41) is 2.08. The molecule has 2 N–H and O–H groups in total. The average Bonchev–Trinajstić information content (AvgIpc) is 2.90. The molecule has 0 unspecified atom stereocenters. The topological polar surface area (TPSA) is 42.1 Å². The number of hydrogen-bond donors (Lipinski definition) is 1. The van der Waals surface area contributed by atoms with Gasteiger partial charge in [0.15, 0.2) is 0 Å². The lowest BCUT2D eigenvalue weighted by atomic mass is 10.0. The molecule has 1 atom stereocenters. The summed E-state index contributed by atoms with van der Waals surface area (Å²) >= 11 is 1.63. The van der Waals surface area contributed by atoms with Gasteiger partial charge >= 0.3 is 0 Å². The van der Waals surface area contributed by atoms with Crippen LogP contribution in [0.1, 0.15) is 30.6 Å². The van der Waals surface area contributed by atoms with Gasteiger partial charge in [-0.2, -0.15) is 0 Å². The van der Waals surface area contributed by atoms with Crippen LogP contribution in [0.4, 0.5) is 5.69 Å². The summed E-state index contributed by atoms with van der Waals surface area (Å²) in [6.45, 7) is 2.93. The van der Waals surface area contributed by atoms with Crippen LogP contribution in [-0.2, 0) is 6.54 Å². The van der Waals surface area contributed by atoms with Crippen molar-refractivity contribution < 1.29 is 0 Å². The first kappa shape index (κ1) is 13.1. The van der Waals surface area contributed by atoms with Gasteiger partial charge in [-0.05, 0) is 18.1 Å². The molecule has 3 nitrogen and oxygen atoms in total. The van der Waals surface area contributed by atoms with Crippen molar-refractivity contribution in [2.45, 2.75) is 25.9 Å². The van der Waals surface area contributed by atoms with Crippen LogP contribution in [0.15, 0.2) is 35.2 Å². The highest BCUT2D eigenvalue weighted by molar-refractivity contribution is 7.07. The molecule has 0 bridgehead atoms. The minimum atomic E-state index is 0.0964. The zero-order chi connectivity index (χ0) is 13.0. The molecule has 0 saturated carbocycles. The summed E-state index contributed by atoms with van der Waals surface area (Å²) in [5.74, 6) is 0. The first-order valence-corrected chi connectivity index (χ1v) is 7.09. The highest BCUT2D eigenvalue weighted by atomic mass is 32.1. The summed E-state index contributed by atoms with van der Waals surface area (Å²) in [4.78, 5) is 6.53. The number of nitrogens with two attached hydrogens (primary N) is 1. The maximum atomic E-state index is 6.17. The van der Waals surface area contributed by atoms with Crippen molar-refractivity contribution in [3.05, 3.63) is 46.4 Å². The van der Waals surface area contributed by atoms with Gasteiger partial charge in [-0.15, -0.1) is 11.3 Å². The first-order valence-electron chi connectivity index (χ1n) is 6.15. The fraction of sp³-hybridized carbons (Fsp3) is 0.357. The first-order chi connectivity index (χ1) is 8.72. The maximum absolute atomic E-state index is 6.17. The Labute approximate surface area is 112 Å². The lowest BCUT2D eigenvalue weighted by Crippen LogP contribution is -2.21. The minimum Gasteiger partial charge on any atom is -0.368 e. The van der Waals surface area contributed by atoms with Crippen LogP contribution in [0, 0.1) is 0 Å². The Morgan fingerprint density at radius 3 is 2.83 bits per heavy atom. The summed E-state index contributed by atoms with van der Waals surface area (Å²) in [6, 6.07) is 8.43. The van der Waals surface area contributed by atoms with E-state index in [1.807, 2.05) is 11.6 Å². The third-order valence-electron chi connectivity index (χ3n) is 3.07. The van der Waals surface area contributed by atoms with E-state index in [0.717, 1.165) is 18.7 Å². The van der Waals surface area contributed by atoms with Crippen LogP contribution in [0.3, 0.4) is 0 Å².